The van der Waals surface area contributed by atoms with E-state index in [1.807, 2.05) is 29.2 Å². The zero-order valence-electron chi connectivity index (χ0n) is 15.8. The highest BCUT2D eigenvalue weighted by atomic mass is 16.5. The molecule has 2 aliphatic rings. The normalized spacial score (nSPS) is 22.3. The van der Waals surface area contributed by atoms with Crippen molar-refractivity contribution in [1.29, 1.82) is 0 Å². The number of hydrogen-bond acceptors (Lipinski definition) is 3. The highest BCUT2D eigenvalue weighted by molar-refractivity contribution is 5.89. The van der Waals surface area contributed by atoms with E-state index in [4.69, 9.17) is 4.74 Å². The van der Waals surface area contributed by atoms with Crippen LogP contribution < -0.4 is 10.1 Å². The molecule has 2 aromatic rings. The third-order valence-electron chi connectivity index (χ3n) is 5.53. The number of rotatable bonds is 4. The lowest BCUT2D eigenvalue weighted by Crippen LogP contribution is -2.54. The molecule has 0 aromatic heterocycles. The Morgan fingerprint density at radius 3 is 2.30 bits per heavy atom. The van der Waals surface area contributed by atoms with Crippen LogP contribution in [0.1, 0.15) is 12.0 Å². The number of hydrogen-bond donors (Lipinski definition) is 1. The molecule has 4 rings (SSSR count). The minimum Gasteiger partial charge on any atom is -0.497 e. The molecule has 0 radical (unpaired) electrons. The number of urea groups is 1. The second-order valence-corrected chi connectivity index (χ2v) is 7.71. The Balaban J connectivity index is 1.33. The number of carbonyl (C=O) groups is 1. The second-order valence-electron chi connectivity index (χ2n) is 7.71. The molecule has 2 aromatic carbocycles. The largest absolute Gasteiger partial charge is 0.497 e. The van der Waals surface area contributed by atoms with Gasteiger partial charge in [0, 0.05) is 38.4 Å². The Bertz CT molecular complexity index is 749. The maximum Gasteiger partial charge on any atom is 0.321 e. The van der Waals surface area contributed by atoms with E-state index in [1.54, 1.807) is 7.11 Å². The van der Waals surface area contributed by atoms with Gasteiger partial charge in [-0.1, -0.05) is 30.3 Å². The summed E-state index contributed by atoms with van der Waals surface area (Å²) in [6.45, 7) is 4.81. The van der Waals surface area contributed by atoms with Crippen LogP contribution in [0, 0.1) is 11.8 Å². The van der Waals surface area contributed by atoms with Crippen molar-refractivity contribution >= 4 is 11.7 Å². The van der Waals surface area contributed by atoms with Crippen LogP contribution in [0.15, 0.2) is 54.6 Å². The van der Waals surface area contributed by atoms with Gasteiger partial charge in [0.05, 0.1) is 7.11 Å². The number of nitrogens with one attached hydrogen (secondary N) is 1. The van der Waals surface area contributed by atoms with E-state index in [0.717, 1.165) is 44.2 Å². The predicted octanol–water partition coefficient (Wildman–Crippen LogP) is 3.68. The third-order valence-corrected chi connectivity index (χ3v) is 5.53. The molecule has 27 heavy (non-hydrogen) atoms. The first-order valence-electron chi connectivity index (χ1n) is 9.66. The summed E-state index contributed by atoms with van der Waals surface area (Å²) in [5.74, 6) is 1.91. The molecule has 0 spiro atoms. The van der Waals surface area contributed by atoms with Gasteiger partial charge in [0.15, 0.2) is 0 Å². The summed E-state index contributed by atoms with van der Waals surface area (Å²) in [6, 6.07) is 18.1. The summed E-state index contributed by atoms with van der Waals surface area (Å²) in [4.78, 5) is 17.2. The number of fused-ring (bicyclic) bond motifs is 2. The smallest absolute Gasteiger partial charge is 0.321 e. The molecular formula is C22H27N3O2. The van der Waals surface area contributed by atoms with Gasteiger partial charge in [-0.05, 0) is 48.1 Å². The molecule has 2 bridgehead atoms. The summed E-state index contributed by atoms with van der Waals surface area (Å²) < 4.78 is 5.17. The van der Waals surface area contributed by atoms with Gasteiger partial charge < -0.3 is 15.0 Å². The van der Waals surface area contributed by atoms with Crippen LogP contribution in [-0.4, -0.2) is 49.1 Å². The molecule has 2 atom stereocenters. The van der Waals surface area contributed by atoms with Crippen molar-refractivity contribution in [2.24, 2.45) is 11.8 Å². The molecular weight excluding hydrogens is 338 g/mol. The molecule has 2 fully saturated rings. The molecule has 2 unspecified atom stereocenters. The van der Waals surface area contributed by atoms with Crippen molar-refractivity contribution in [3.05, 3.63) is 60.2 Å². The first-order valence-corrected chi connectivity index (χ1v) is 9.66. The van der Waals surface area contributed by atoms with E-state index in [1.165, 1.54) is 12.0 Å². The van der Waals surface area contributed by atoms with Gasteiger partial charge in [-0.3, -0.25) is 4.90 Å². The highest BCUT2D eigenvalue weighted by Gasteiger charge is 2.35. The number of nitrogens with zero attached hydrogens (tertiary/aromatic N) is 2. The molecule has 1 N–H and O–H groups in total. The average molecular weight is 365 g/mol. The number of benzene rings is 2. The van der Waals surface area contributed by atoms with Crippen LogP contribution in [0.25, 0.3) is 0 Å². The molecule has 2 amide bonds. The lowest BCUT2D eigenvalue weighted by atomic mass is 9.84. The molecule has 2 aliphatic heterocycles. The van der Waals surface area contributed by atoms with E-state index in [0.29, 0.717) is 11.8 Å². The van der Waals surface area contributed by atoms with Gasteiger partial charge in [0.2, 0.25) is 0 Å². The lowest BCUT2D eigenvalue weighted by molar-refractivity contribution is 0.0456. The number of piperidine rings is 2. The maximum atomic E-state index is 12.7. The molecule has 2 saturated heterocycles. The van der Waals surface area contributed by atoms with Crippen LogP contribution in [0.4, 0.5) is 10.5 Å². The Morgan fingerprint density at radius 2 is 1.67 bits per heavy atom. The number of anilines is 1. The summed E-state index contributed by atoms with van der Waals surface area (Å²) >= 11 is 0. The number of likely N-dealkylation sites (tertiary alicyclic amines) is 2. The van der Waals surface area contributed by atoms with E-state index in [-0.39, 0.29) is 6.03 Å². The zero-order chi connectivity index (χ0) is 18.6. The number of ether oxygens (including phenoxy) is 1. The molecule has 5 nitrogen and oxygen atoms in total. The summed E-state index contributed by atoms with van der Waals surface area (Å²) in [6.07, 6.45) is 1.23. The summed E-state index contributed by atoms with van der Waals surface area (Å²) in [7, 11) is 1.64. The van der Waals surface area contributed by atoms with Gasteiger partial charge in [0.25, 0.3) is 0 Å². The van der Waals surface area contributed by atoms with Gasteiger partial charge in [-0.15, -0.1) is 0 Å². The first kappa shape index (κ1) is 17.9. The van der Waals surface area contributed by atoms with Crippen LogP contribution in [0.3, 0.4) is 0 Å². The van der Waals surface area contributed by atoms with Crippen molar-refractivity contribution < 1.29 is 9.53 Å². The second kappa shape index (κ2) is 8.01. The van der Waals surface area contributed by atoms with Gasteiger partial charge >= 0.3 is 6.03 Å². The molecule has 0 saturated carbocycles. The fourth-order valence-corrected chi connectivity index (χ4v) is 4.40. The number of methoxy groups -OCH3 is 1. The van der Waals surface area contributed by atoms with E-state index < -0.39 is 0 Å². The number of amides is 2. The molecule has 2 heterocycles. The Hall–Kier alpha value is -2.53. The molecule has 0 aliphatic carbocycles. The summed E-state index contributed by atoms with van der Waals surface area (Å²) in [5, 5.41) is 3.02. The minimum atomic E-state index is 0.00590. The van der Waals surface area contributed by atoms with Crippen LogP contribution >= 0.6 is 0 Å². The third kappa shape index (κ3) is 4.42. The Morgan fingerprint density at radius 1 is 1.00 bits per heavy atom. The maximum absolute atomic E-state index is 12.7. The Kier molecular flexibility index (Phi) is 5.30. The lowest BCUT2D eigenvalue weighted by Gasteiger charge is -2.45. The van der Waals surface area contributed by atoms with Gasteiger partial charge in [0.1, 0.15) is 5.75 Å². The van der Waals surface area contributed by atoms with Crippen molar-refractivity contribution in [2.45, 2.75) is 13.0 Å². The quantitative estimate of drug-likeness (QED) is 0.899. The number of carbonyl (C=O) groups excluding carboxylic acids is 1. The standard InChI is InChI=1S/C22H27N3O2/c1-27-21-9-7-20(8-10-21)23-22(26)25-15-18-11-19(16-25)14-24(13-18)12-17-5-3-2-4-6-17/h2-10,18-19H,11-16H2,1H3,(H,23,26). The SMILES string of the molecule is COc1ccc(NC(=O)N2CC3CC(CN(Cc4ccccc4)C3)C2)cc1. The molecule has 142 valence electrons. The van der Waals surface area contributed by atoms with E-state index in [9.17, 15) is 4.79 Å². The van der Waals surface area contributed by atoms with Crippen LogP contribution in [-0.2, 0) is 6.54 Å². The topological polar surface area (TPSA) is 44.8 Å². The van der Waals surface area contributed by atoms with Gasteiger partial charge in [-0.25, -0.2) is 4.79 Å². The van der Waals surface area contributed by atoms with Crippen LogP contribution in [0.5, 0.6) is 5.75 Å². The van der Waals surface area contributed by atoms with Crippen molar-refractivity contribution in [1.82, 2.24) is 9.80 Å². The summed E-state index contributed by atoms with van der Waals surface area (Å²) in [5.41, 5.74) is 2.17. The molecule has 5 heteroatoms. The fraction of sp³-hybridized carbons (Fsp3) is 0.409. The fourth-order valence-electron chi connectivity index (χ4n) is 4.40. The Labute approximate surface area is 160 Å². The van der Waals surface area contributed by atoms with E-state index >= 15 is 0 Å². The highest BCUT2D eigenvalue weighted by Crippen LogP contribution is 2.30. The minimum absolute atomic E-state index is 0.00590. The van der Waals surface area contributed by atoms with Gasteiger partial charge in [-0.2, -0.15) is 0 Å². The van der Waals surface area contributed by atoms with Crippen molar-refractivity contribution in [3.63, 3.8) is 0 Å². The van der Waals surface area contributed by atoms with Crippen molar-refractivity contribution in [3.8, 4) is 5.75 Å². The monoisotopic (exact) mass is 365 g/mol. The van der Waals surface area contributed by atoms with E-state index in [2.05, 4.69) is 40.5 Å². The first-order chi connectivity index (χ1) is 13.2. The average Bonchev–Trinajstić information content (AvgIpc) is 2.68. The van der Waals surface area contributed by atoms with Crippen LogP contribution in [0.2, 0.25) is 0 Å². The predicted molar refractivity (Wildman–Crippen MR) is 107 cm³/mol. The van der Waals surface area contributed by atoms with Crippen molar-refractivity contribution in [2.75, 3.05) is 38.6 Å². The zero-order valence-corrected chi connectivity index (χ0v) is 15.8.